The van der Waals surface area contributed by atoms with E-state index in [9.17, 15) is 4.39 Å². The second-order valence-corrected chi connectivity index (χ2v) is 6.94. The van der Waals surface area contributed by atoms with E-state index in [0.29, 0.717) is 39.2 Å². The maximum Gasteiger partial charge on any atom is 0.220 e. The number of fused-ring (bicyclic) bond motifs is 2. The Morgan fingerprint density at radius 2 is 2.00 bits per heavy atom. The lowest BCUT2D eigenvalue weighted by Crippen LogP contribution is -2.21. The molecule has 5 heteroatoms. The molecule has 114 valence electrons. The highest BCUT2D eigenvalue weighted by molar-refractivity contribution is 6.42. The second-order valence-electron chi connectivity index (χ2n) is 6.13. The van der Waals surface area contributed by atoms with Gasteiger partial charge in [0.05, 0.1) is 10.0 Å². The maximum absolute atomic E-state index is 14.2. The summed E-state index contributed by atoms with van der Waals surface area (Å²) in [5.74, 6) is -0.0494. The average Bonchev–Trinajstić information content (AvgIpc) is 3.13. The highest BCUT2D eigenvalue weighted by Gasteiger charge is 2.39. The van der Waals surface area contributed by atoms with Crippen LogP contribution in [0.5, 0.6) is 0 Å². The first-order valence-corrected chi connectivity index (χ1v) is 8.24. The van der Waals surface area contributed by atoms with Gasteiger partial charge in [-0.3, -0.25) is 0 Å². The monoisotopic (exact) mass is 336 g/mol. The van der Waals surface area contributed by atoms with Crippen LogP contribution in [0.15, 0.2) is 30.5 Å². The van der Waals surface area contributed by atoms with Crippen molar-refractivity contribution in [2.75, 3.05) is 0 Å². The van der Waals surface area contributed by atoms with Crippen molar-refractivity contribution in [3.8, 4) is 11.1 Å². The van der Waals surface area contributed by atoms with E-state index in [4.69, 9.17) is 23.2 Å². The van der Waals surface area contributed by atoms with Crippen molar-refractivity contribution in [1.29, 1.82) is 0 Å². The van der Waals surface area contributed by atoms with Crippen molar-refractivity contribution in [3.05, 3.63) is 52.0 Å². The van der Waals surface area contributed by atoms with Crippen LogP contribution in [0.3, 0.4) is 0 Å². The first kappa shape index (κ1) is 14.4. The van der Waals surface area contributed by atoms with Gasteiger partial charge in [0.15, 0.2) is 0 Å². The third-order valence-electron chi connectivity index (χ3n) is 4.82. The summed E-state index contributed by atoms with van der Waals surface area (Å²) >= 11 is 12.0. The Balaban J connectivity index is 1.73. The second kappa shape index (κ2) is 5.48. The van der Waals surface area contributed by atoms with Gasteiger partial charge < -0.3 is 5.32 Å². The third-order valence-corrected chi connectivity index (χ3v) is 5.56. The number of halogens is 3. The molecule has 2 aromatic rings. The number of pyridine rings is 1. The molecule has 2 fully saturated rings. The number of hydrogen-bond acceptors (Lipinski definition) is 2. The predicted molar refractivity (Wildman–Crippen MR) is 87.0 cm³/mol. The number of benzene rings is 1. The van der Waals surface area contributed by atoms with Gasteiger partial charge in [-0.1, -0.05) is 29.3 Å². The molecule has 1 N–H and O–H groups in total. The molecule has 3 unspecified atom stereocenters. The van der Waals surface area contributed by atoms with Crippen LogP contribution in [0.1, 0.15) is 30.7 Å². The molecule has 1 aromatic heterocycles. The van der Waals surface area contributed by atoms with Crippen LogP contribution >= 0.6 is 23.2 Å². The molecule has 1 aromatic carbocycles. The SMILES string of the molecule is Fc1ncc(C2CC3CCC2N3)cc1-c1ccc(Cl)c(Cl)c1. The van der Waals surface area contributed by atoms with Gasteiger partial charge in [-0.2, -0.15) is 4.39 Å². The fourth-order valence-corrected chi connectivity index (χ4v) is 4.02. The standard InChI is InChI=1S/C17H15Cl2FN2/c18-14-3-1-9(6-15(14)19)13-5-10(8-21-17(13)20)12-7-11-2-4-16(12)22-11/h1,3,5-6,8,11-12,16,22H,2,4,7H2. The summed E-state index contributed by atoms with van der Waals surface area (Å²) in [5.41, 5.74) is 2.29. The van der Waals surface area contributed by atoms with Crippen molar-refractivity contribution in [1.82, 2.24) is 10.3 Å². The summed E-state index contributed by atoms with van der Waals surface area (Å²) in [6.07, 6.45) is 5.21. The van der Waals surface area contributed by atoms with Gasteiger partial charge in [0.1, 0.15) is 0 Å². The Morgan fingerprint density at radius 1 is 1.14 bits per heavy atom. The Kier molecular flexibility index (Phi) is 3.60. The fraction of sp³-hybridized carbons (Fsp3) is 0.353. The lowest BCUT2D eigenvalue weighted by Gasteiger charge is -2.21. The molecule has 22 heavy (non-hydrogen) atoms. The van der Waals surface area contributed by atoms with Gasteiger partial charge >= 0.3 is 0 Å². The molecule has 2 aliphatic rings. The van der Waals surface area contributed by atoms with Crippen molar-refractivity contribution in [3.63, 3.8) is 0 Å². The van der Waals surface area contributed by atoms with Crippen molar-refractivity contribution >= 4 is 23.2 Å². The summed E-state index contributed by atoms with van der Waals surface area (Å²) < 4.78 is 14.2. The molecule has 4 rings (SSSR count). The molecule has 0 radical (unpaired) electrons. The molecule has 0 amide bonds. The predicted octanol–water partition coefficient (Wildman–Crippen LogP) is 4.80. The zero-order valence-corrected chi connectivity index (χ0v) is 13.3. The van der Waals surface area contributed by atoms with Gasteiger partial charge in [0.2, 0.25) is 5.95 Å². The van der Waals surface area contributed by atoms with Gasteiger partial charge in [0, 0.05) is 29.8 Å². The van der Waals surface area contributed by atoms with Crippen LogP contribution in [-0.4, -0.2) is 17.1 Å². The molecular formula is C17H15Cl2FN2. The normalized spacial score (nSPS) is 26.6. The topological polar surface area (TPSA) is 24.9 Å². The smallest absolute Gasteiger partial charge is 0.220 e. The minimum Gasteiger partial charge on any atom is -0.311 e. The molecule has 3 atom stereocenters. The fourth-order valence-electron chi connectivity index (χ4n) is 3.73. The highest BCUT2D eigenvalue weighted by atomic mass is 35.5. The van der Waals surface area contributed by atoms with Gasteiger partial charge in [0.25, 0.3) is 0 Å². The lowest BCUT2D eigenvalue weighted by molar-refractivity contribution is 0.502. The van der Waals surface area contributed by atoms with E-state index in [2.05, 4.69) is 10.3 Å². The summed E-state index contributed by atoms with van der Waals surface area (Å²) in [6.45, 7) is 0. The van der Waals surface area contributed by atoms with Crippen molar-refractivity contribution in [2.45, 2.75) is 37.3 Å². The van der Waals surface area contributed by atoms with E-state index >= 15 is 0 Å². The minimum absolute atomic E-state index is 0.422. The van der Waals surface area contributed by atoms with E-state index in [1.165, 1.54) is 12.8 Å². The van der Waals surface area contributed by atoms with Crippen molar-refractivity contribution < 1.29 is 4.39 Å². The van der Waals surface area contributed by atoms with Crippen LogP contribution < -0.4 is 5.32 Å². The summed E-state index contributed by atoms with van der Waals surface area (Å²) in [6, 6.07) is 8.16. The van der Waals surface area contributed by atoms with E-state index in [-0.39, 0.29) is 0 Å². The third kappa shape index (κ3) is 2.41. The van der Waals surface area contributed by atoms with Crippen LogP contribution in [0.2, 0.25) is 10.0 Å². The highest BCUT2D eigenvalue weighted by Crippen LogP contribution is 2.41. The summed E-state index contributed by atoms with van der Waals surface area (Å²) in [5, 5.41) is 4.49. The van der Waals surface area contributed by atoms with Crippen LogP contribution in [-0.2, 0) is 0 Å². The average molecular weight is 337 g/mol. The molecule has 0 saturated carbocycles. The lowest BCUT2D eigenvalue weighted by atomic mass is 9.84. The van der Waals surface area contributed by atoms with Gasteiger partial charge in [-0.15, -0.1) is 0 Å². The van der Waals surface area contributed by atoms with Crippen LogP contribution in [0.25, 0.3) is 11.1 Å². The molecule has 0 spiro atoms. The maximum atomic E-state index is 14.2. The van der Waals surface area contributed by atoms with Gasteiger partial charge in [-0.25, -0.2) is 4.98 Å². The molecule has 2 saturated heterocycles. The number of aromatic nitrogens is 1. The molecule has 3 heterocycles. The number of nitrogens with zero attached hydrogens (tertiary/aromatic N) is 1. The first-order chi connectivity index (χ1) is 10.6. The molecule has 2 nitrogen and oxygen atoms in total. The zero-order chi connectivity index (χ0) is 15.3. The molecule has 2 bridgehead atoms. The zero-order valence-electron chi connectivity index (χ0n) is 11.8. The summed E-state index contributed by atoms with van der Waals surface area (Å²) in [4.78, 5) is 3.97. The number of rotatable bonds is 2. The Labute approximate surface area is 138 Å². The number of nitrogens with one attached hydrogen (secondary N) is 1. The van der Waals surface area contributed by atoms with E-state index in [1.807, 2.05) is 6.07 Å². The summed E-state index contributed by atoms with van der Waals surface area (Å²) in [7, 11) is 0. The largest absolute Gasteiger partial charge is 0.311 e. The molecule has 0 aliphatic carbocycles. The quantitative estimate of drug-likeness (QED) is 0.796. The van der Waals surface area contributed by atoms with Crippen molar-refractivity contribution in [2.24, 2.45) is 0 Å². The van der Waals surface area contributed by atoms with Crippen LogP contribution in [0, 0.1) is 5.95 Å². The van der Waals surface area contributed by atoms with Gasteiger partial charge in [-0.05, 0) is 48.6 Å². The van der Waals surface area contributed by atoms with E-state index < -0.39 is 5.95 Å². The Bertz CT molecular complexity index is 735. The Hall–Kier alpha value is -1.16. The molecular weight excluding hydrogens is 322 g/mol. The van der Waals surface area contributed by atoms with E-state index in [0.717, 1.165) is 12.0 Å². The Morgan fingerprint density at radius 3 is 2.68 bits per heavy atom. The first-order valence-electron chi connectivity index (χ1n) is 7.49. The minimum atomic E-state index is -0.474. The molecule has 2 aliphatic heterocycles. The van der Waals surface area contributed by atoms with E-state index in [1.54, 1.807) is 24.4 Å². The van der Waals surface area contributed by atoms with Crippen LogP contribution in [0.4, 0.5) is 4.39 Å². The number of hydrogen-bond donors (Lipinski definition) is 1.